The smallest absolute Gasteiger partial charge is 0.150 e. The summed E-state index contributed by atoms with van der Waals surface area (Å²) in [4.78, 5) is 12.6. The molecule has 2 N–H and O–H groups in total. The molecule has 0 radical (unpaired) electrons. The maximum absolute atomic E-state index is 14.9. The van der Waals surface area contributed by atoms with Gasteiger partial charge in [-0.25, -0.2) is 9.38 Å². The second-order valence-electron chi connectivity index (χ2n) is 5.92. The van der Waals surface area contributed by atoms with Crippen LogP contribution in [-0.4, -0.2) is 17.5 Å². The second kappa shape index (κ2) is 7.99. The van der Waals surface area contributed by atoms with E-state index in [-0.39, 0.29) is 28.4 Å². The van der Waals surface area contributed by atoms with E-state index in [2.05, 4.69) is 21.7 Å². The number of pyridine rings is 1. The quantitative estimate of drug-likeness (QED) is 0.393. The van der Waals surface area contributed by atoms with E-state index in [1.165, 1.54) is 12.1 Å². The molecule has 0 atom stereocenters. The van der Waals surface area contributed by atoms with Gasteiger partial charge in [0.1, 0.15) is 17.6 Å². The molecule has 0 bridgehead atoms. The summed E-state index contributed by atoms with van der Waals surface area (Å²) in [5.41, 5.74) is 7.40. The van der Waals surface area contributed by atoms with Gasteiger partial charge in [-0.3, -0.25) is 9.98 Å². The van der Waals surface area contributed by atoms with E-state index in [0.717, 1.165) is 5.39 Å². The van der Waals surface area contributed by atoms with Crippen LogP contribution in [0.2, 0.25) is 5.02 Å². The molecule has 0 aliphatic heterocycles. The highest BCUT2D eigenvalue weighted by Gasteiger charge is 2.18. The summed E-state index contributed by atoms with van der Waals surface area (Å²) >= 11 is 6.37. The molecule has 0 amide bonds. The lowest BCUT2D eigenvalue weighted by molar-refractivity contribution is 0.620. The number of aliphatic imine (C=N–C) groups is 2. The van der Waals surface area contributed by atoms with Crippen molar-refractivity contribution in [3.8, 4) is 6.07 Å². The van der Waals surface area contributed by atoms with E-state index in [1.807, 2.05) is 18.2 Å². The first-order chi connectivity index (χ1) is 13.5. The highest BCUT2D eigenvalue weighted by atomic mass is 35.5. The summed E-state index contributed by atoms with van der Waals surface area (Å²) in [6.45, 7) is 5.18. The summed E-state index contributed by atoms with van der Waals surface area (Å²) in [7, 11) is 0. The zero-order valence-electron chi connectivity index (χ0n) is 14.9. The Labute approximate surface area is 166 Å². The van der Waals surface area contributed by atoms with Gasteiger partial charge in [-0.05, 0) is 44.0 Å². The van der Waals surface area contributed by atoms with Crippen molar-refractivity contribution in [3.63, 3.8) is 0 Å². The van der Waals surface area contributed by atoms with Gasteiger partial charge in [0.2, 0.25) is 0 Å². The molecule has 138 valence electrons. The van der Waals surface area contributed by atoms with Crippen LogP contribution in [0.15, 0.2) is 58.6 Å². The Balaban J connectivity index is 2.37. The van der Waals surface area contributed by atoms with E-state index < -0.39 is 5.82 Å². The lowest BCUT2D eigenvalue weighted by Crippen LogP contribution is -2.07. The molecule has 28 heavy (non-hydrogen) atoms. The third-order valence-electron chi connectivity index (χ3n) is 3.98. The van der Waals surface area contributed by atoms with Crippen molar-refractivity contribution >= 4 is 46.5 Å². The van der Waals surface area contributed by atoms with Crippen molar-refractivity contribution in [2.45, 2.75) is 6.92 Å². The molecule has 7 heteroatoms. The summed E-state index contributed by atoms with van der Waals surface area (Å²) in [5.74, 6) is -0.508. The molecule has 3 aromatic rings. The van der Waals surface area contributed by atoms with Crippen LogP contribution in [0.25, 0.3) is 22.3 Å². The van der Waals surface area contributed by atoms with Gasteiger partial charge in [0.15, 0.2) is 0 Å². The molecule has 1 aromatic heterocycles. The lowest BCUT2D eigenvalue weighted by atomic mass is 10.0. The summed E-state index contributed by atoms with van der Waals surface area (Å²) in [6.07, 6.45) is 1.65. The molecular weight excluding hydrogens is 377 g/mol. The topological polar surface area (TPSA) is 87.4 Å². The van der Waals surface area contributed by atoms with Crippen LogP contribution in [0, 0.1) is 17.1 Å². The summed E-state index contributed by atoms with van der Waals surface area (Å²) in [5, 5.41) is 10.3. The van der Waals surface area contributed by atoms with Gasteiger partial charge in [0.25, 0.3) is 0 Å². The number of fused-ring (bicyclic) bond motifs is 1. The number of nitriles is 1. The zero-order valence-corrected chi connectivity index (χ0v) is 15.7. The van der Waals surface area contributed by atoms with Crippen LogP contribution < -0.4 is 5.73 Å². The number of amidine groups is 1. The highest BCUT2D eigenvalue weighted by molar-refractivity contribution is 6.35. The van der Waals surface area contributed by atoms with Gasteiger partial charge < -0.3 is 5.73 Å². The number of nitrogens with zero attached hydrogens (tertiary/aromatic N) is 4. The minimum Gasteiger partial charge on any atom is -0.387 e. The SMILES string of the molecule is C=N/C(=C(\N=C(C)N)c1cccc(C#N)c1F)c1cc(Cl)c2ncccc2c1. The maximum atomic E-state index is 14.9. The lowest BCUT2D eigenvalue weighted by Gasteiger charge is -2.12. The molecule has 0 aliphatic rings. The van der Waals surface area contributed by atoms with Crippen LogP contribution >= 0.6 is 11.6 Å². The van der Waals surface area contributed by atoms with Crippen molar-refractivity contribution in [2.24, 2.45) is 15.7 Å². The van der Waals surface area contributed by atoms with Crippen molar-refractivity contribution in [1.82, 2.24) is 4.98 Å². The monoisotopic (exact) mass is 391 g/mol. The zero-order chi connectivity index (χ0) is 20.3. The average molecular weight is 392 g/mol. The Morgan fingerprint density at radius 3 is 2.71 bits per heavy atom. The fourth-order valence-electron chi connectivity index (χ4n) is 2.81. The fraction of sp³-hybridized carbons (Fsp3) is 0.0476. The van der Waals surface area contributed by atoms with Crippen LogP contribution in [0.3, 0.4) is 0 Å². The van der Waals surface area contributed by atoms with Gasteiger partial charge >= 0.3 is 0 Å². The van der Waals surface area contributed by atoms with Crippen molar-refractivity contribution in [2.75, 3.05) is 0 Å². The van der Waals surface area contributed by atoms with Gasteiger partial charge in [0, 0.05) is 22.7 Å². The van der Waals surface area contributed by atoms with E-state index >= 15 is 0 Å². The molecule has 3 rings (SSSR count). The molecule has 0 spiro atoms. The van der Waals surface area contributed by atoms with Crippen LogP contribution in [-0.2, 0) is 0 Å². The standard InChI is InChI=1S/C21H15ClFN5/c1-12(25)28-21(16-7-3-5-14(11-24)18(16)23)20(26-2)15-9-13-6-4-8-27-19(13)17(22)10-15/h3-10H,2H2,1H3,(H2,25,28)/b21-20-. The Morgan fingerprint density at radius 2 is 2.04 bits per heavy atom. The van der Waals surface area contributed by atoms with Gasteiger partial charge in [-0.1, -0.05) is 23.7 Å². The van der Waals surface area contributed by atoms with E-state index in [4.69, 9.17) is 22.6 Å². The minimum absolute atomic E-state index is 0.0913. The number of aromatic nitrogens is 1. The summed E-state index contributed by atoms with van der Waals surface area (Å²) in [6, 6.07) is 13.4. The van der Waals surface area contributed by atoms with E-state index in [9.17, 15) is 4.39 Å². The molecule has 0 aliphatic carbocycles. The maximum Gasteiger partial charge on any atom is 0.150 e. The highest BCUT2D eigenvalue weighted by Crippen LogP contribution is 2.34. The predicted molar refractivity (Wildman–Crippen MR) is 112 cm³/mol. The Kier molecular flexibility index (Phi) is 5.48. The van der Waals surface area contributed by atoms with Crippen LogP contribution in [0.5, 0.6) is 0 Å². The molecule has 1 heterocycles. The van der Waals surface area contributed by atoms with Crippen molar-refractivity contribution in [1.29, 1.82) is 5.26 Å². The number of rotatable bonds is 4. The number of hydrogen-bond acceptors (Lipinski definition) is 4. The average Bonchev–Trinajstić information content (AvgIpc) is 2.68. The molecule has 0 saturated heterocycles. The summed E-state index contributed by atoms with van der Waals surface area (Å²) < 4.78 is 14.9. The largest absolute Gasteiger partial charge is 0.387 e. The molecule has 2 aromatic carbocycles. The third kappa shape index (κ3) is 3.61. The Hall–Kier alpha value is -3.56. The van der Waals surface area contributed by atoms with Crippen LogP contribution in [0.4, 0.5) is 4.39 Å². The Morgan fingerprint density at radius 1 is 1.25 bits per heavy atom. The molecule has 0 saturated carbocycles. The molecule has 5 nitrogen and oxygen atoms in total. The van der Waals surface area contributed by atoms with E-state index in [0.29, 0.717) is 16.1 Å². The van der Waals surface area contributed by atoms with Gasteiger partial charge in [0.05, 0.1) is 27.6 Å². The second-order valence-corrected chi connectivity index (χ2v) is 6.33. The third-order valence-corrected chi connectivity index (χ3v) is 4.26. The first kappa shape index (κ1) is 19.2. The number of benzene rings is 2. The van der Waals surface area contributed by atoms with Crippen molar-refractivity contribution < 1.29 is 4.39 Å². The fourth-order valence-corrected chi connectivity index (χ4v) is 3.08. The molecule has 0 fully saturated rings. The normalized spacial score (nSPS) is 12.4. The Bertz CT molecular complexity index is 1190. The minimum atomic E-state index is -0.709. The van der Waals surface area contributed by atoms with Crippen LogP contribution in [0.1, 0.15) is 23.6 Å². The number of hydrogen-bond donors (Lipinski definition) is 1. The first-order valence-corrected chi connectivity index (χ1v) is 8.59. The van der Waals surface area contributed by atoms with Gasteiger partial charge in [-0.15, -0.1) is 0 Å². The molecular formula is C21H15ClFN5. The van der Waals surface area contributed by atoms with Gasteiger partial charge in [-0.2, -0.15) is 5.26 Å². The first-order valence-electron chi connectivity index (χ1n) is 8.21. The van der Waals surface area contributed by atoms with Crippen molar-refractivity contribution in [3.05, 3.63) is 76.2 Å². The molecule has 0 unspecified atom stereocenters. The number of halogens is 2. The predicted octanol–water partition coefficient (Wildman–Crippen LogP) is 4.80. The number of nitrogens with two attached hydrogens (primary N) is 1. The van der Waals surface area contributed by atoms with E-state index in [1.54, 1.807) is 31.3 Å².